The molecule has 0 bridgehead atoms. The van der Waals surface area contributed by atoms with Gasteiger partial charge in [-0.2, -0.15) is 4.68 Å². The highest BCUT2D eigenvalue weighted by Gasteiger charge is 2.13. The van der Waals surface area contributed by atoms with Gasteiger partial charge in [0.1, 0.15) is 0 Å². The molecule has 2 N–H and O–H groups in total. The average Bonchev–Trinajstić information content (AvgIpc) is 3.15. The molecule has 4 aromatic rings. The number of anilines is 1. The predicted octanol–water partition coefficient (Wildman–Crippen LogP) is 2.52. The summed E-state index contributed by atoms with van der Waals surface area (Å²) >= 11 is 1.59. The van der Waals surface area contributed by atoms with E-state index in [9.17, 15) is 0 Å². The summed E-state index contributed by atoms with van der Waals surface area (Å²) in [5.41, 5.74) is 11.2. The Morgan fingerprint density at radius 1 is 1.10 bits per heavy atom. The lowest BCUT2D eigenvalue weighted by Crippen LogP contribution is -2.01. The van der Waals surface area contributed by atoms with Gasteiger partial charge in [-0.3, -0.25) is 0 Å². The van der Waals surface area contributed by atoms with Crippen molar-refractivity contribution in [1.29, 1.82) is 0 Å². The fourth-order valence-electron chi connectivity index (χ4n) is 2.21. The molecular weight excluding hydrogens is 284 g/mol. The SMILES string of the molecule is Nc1ccccc1-c1nnnn1-c1ccc2ncsc2c1. The summed E-state index contributed by atoms with van der Waals surface area (Å²) in [4.78, 5) is 4.27. The van der Waals surface area contributed by atoms with Crippen molar-refractivity contribution in [2.45, 2.75) is 0 Å². The van der Waals surface area contributed by atoms with Gasteiger partial charge >= 0.3 is 0 Å². The number of hydrogen-bond acceptors (Lipinski definition) is 6. The van der Waals surface area contributed by atoms with Crippen LogP contribution in [0.2, 0.25) is 0 Å². The van der Waals surface area contributed by atoms with Gasteiger partial charge < -0.3 is 5.73 Å². The number of hydrogen-bond donors (Lipinski definition) is 1. The van der Waals surface area contributed by atoms with E-state index in [0.717, 1.165) is 21.5 Å². The highest BCUT2D eigenvalue weighted by atomic mass is 32.1. The fourth-order valence-corrected chi connectivity index (χ4v) is 2.92. The van der Waals surface area contributed by atoms with Crippen LogP contribution in [0, 0.1) is 0 Å². The Kier molecular flexibility index (Phi) is 2.65. The van der Waals surface area contributed by atoms with Crippen LogP contribution in [0.15, 0.2) is 48.0 Å². The molecule has 0 atom stereocenters. The van der Waals surface area contributed by atoms with E-state index in [4.69, 9.17) is 5.73 Å². The van der Waals surface area contributed by atoms with Crippen LogP contribution in [0.3, 0.4) is 0 Å². The van der Waals surface area contributed by atoms with Gasteiger partial charge in [0, 0.05) is 11.3 Å². The summed E-state index contributed by atoms with van der Waals surface area (Å²) in [6.45, 7) is 0. The molecule has 7 heteroatoms. The molecule has 2 aromatic heterocycles. The topological polar surface area (TPSA) is 82.5 Å². The first kappa shape index (κ1) is 12.0. The molecule has 0 aliphatic carbocycles. The zero-order valence-electron chi connectivity index (χ0n) is 10.8. The van der Waals surface area contributed by atoms with Gasteiger partial charge in [-0.1, -0.05) is 12.1 Å². The third kappa shape index (κ3) is 1.95. The van der Waals surface area contributed by atoms with Crippen molar-refractivity contribution in [2.75, 3.05) is 5.73 Å². The molecule has 0 radical (unpaired) electrons. The lowest BCUT2D eigenvalue weighted by molar-refractivity contribution is 0.792. The number of para-hydroxylation sites is 1. The normalized spacial score (nSPS) is 11.0. The van der Waals surface area contributed by atoms with Gasteiger partial charge in [0.15, 0.2) is 5.82 Å². The summed E-state index contributed by atoms with van der Waals surface area (Å²) < 4.78 is 2.78. The van der Waals surface area contributed by atoms with E-state index in [-0.39, 0.29) is 0 Å². The van der Waals surface area contributed by atoms with Crippen molar-refractivity contribution in [3.63, 3.8) is 0 Å². The molecule has 0 spiro atoms. The van der Waals surface area contributed by atoms with Gasteiger partial charge in [-0.25, -0.2) is 4.98 Å². The number of fused-ring (bicyclic) bond motifs is 1. The number of tetrazole rings is 1. The van der Waals surface area contributed by atoms with Crippen LogP contribution in [0.25, 0.3) is 27.3 Å². The van der Waals surface area contributed by atoms with Gasteiger partial charge in [0.05, 0.1) is 21.4 Å². The third-order valence-electron chi connectivity index (χ3n) is 3.23. The van der Waals surface area contributed by atoms with E-state index in [0.29, 0.717) is 11.5 Å². The minimum absolute atomic E-state index is 0.622. The standard InChI is InChI=1S/C14H10N6S/c15-11-4-2-1-3-10(11)14-17-18-19-20(14)9-5-6-12-13(7-9)21-8-16-12/h1-8H,15H2. The predicted molar refractivity (Wildman–Crippen MR) is 82.2 cm³/mol. The number of aromatic nitrogens is 5. The Morgan fingerprint density at radius 3 is 2.90 bits per heavy atom. The molecule has 21 heavy (non-hydrogen) atoms. The largest absolute Gasteiger partial charge is 0.398 e. The molecule has 0 saturated carbocycles. The van der Waals surface area contributed by atoms with Crippen LogP contribution in [-0.2, 0) is 0 Å². The lowest BCUT2D eigenvalue weighted by Gasteiger charge is -2.06. The molecular formula is C14H10N6S. The van der Waals surface area contributed by atoms with Gasteiger partial charge in [0.25, 0.3) is 0 Å². The molecule has 4 rings (SSSR count). The summed E-state index contributed by atoms with van der Waals surface area (Å²) in [5, 5.41) is 12.0. The van der Waals surface area contributed by atoms with Crippen molar-refractivity contribution in [2.24, 2.45) is 0 Å². The Bertz CT molecular complexity index is 926. The van der Waals surface area contributed by atoms with Crippen LogP contribution in [0.5, 0.6) is 0 Å². The van der Waals surface area contributed by atoms with Crippen LogP contribution in [0.4, 0.5) is 5.69 Å². The quantitative estimate of drug-likeness (QED) is 0.574. The molecule has 0 unspecified atom stereocenters. The minimum Gasteiger partial charge on any atom is -0.398 e. The second kappa shape index (κ2) is 4.64. The fraction of sp³-hybridized carbons (Fsp3) is 0. The molecule has 0 amide bonds. The van der Waals surface area contributed by atoms with Crippen molar-refractivity contribution >= 4 is 27.2 Å². The van der Waals surface area contributed by atoms with Crippen LogP contribution < -0.4 is 5.73 Å². The first-order chi connectivity index (χ1) is 10.3. The Labute approximate surface area is 123 Å². The molecule has 0 aliphatic heterocycles. The smallest absolute Gasteiger partial charge is 0.189 e. The second-order valence-electron chi connectivity index (χ2n) is 4.51. The van der Waals surface area contributed by atoms with Crippen molar-refractivity contribution < 1.29 is 0 Å². The molecule has 0 saturated heterocycles. The van der Waals surface area contributed by atoms with E-state index in [1.165, 1.54) is 0 Å². The van der Waals surface area contributed by atoms with Crippen molar-refractivity contribution in [3.8, 4) is 17.1 Å². The van der Waals surface area contributed by atoms with Gasteiger partial charge in [0.2, 0.25) is 0 Å². The maximum atomic E-state index is 6.02. The van der Waals surface area contributed by atoms with E-state index in [1.807, 2.05) is 48.0 Å². The van der Waals surface area contributed by atoms with E-state index in [1.54, 1.807) is 16.0 Å². The molecule has 6 nitrogen and oxygen atoms in total. The average molecular weight is 294 g/mol. The first-order valence-corrected chi connectivity index (χ1v) is 7.18. The Balaban J connectivity index is 1.90. The van der Waals surface area contributed by atoms with Crippen LogP contribution in [-0.4, -0.2) is 25.2 Å². The second-order valence-corrected chi connectivity index (χ2v) is 5.39. The first-order valence-electron chi connectivity index (χ1n) is 6.30. The summed E-state index contributed by atoms with van der Waals surface area (Å²) in [5.74, 6) is 0.622. The van der Waals surface area contributed by atoms with E-state index in [2.05, 4.69) is 20.5 Å². The summed E-state index contributed by atoms with van der Waals surface area (Å²) in [6.07, 6.45) is 0. The van der Waals surface area contributed by atoms with Gasteiger partial charge in [-0.15, -0.1) is 16.4 Å². The van der Waals surface area contributed by atoms with Crippen molar-refractivity contribution in [1.82, 2.24) is 25.2 Å². The molecule has 102 valence electrons. The van der Waals surface area contributed by atoms with Gasteiger partial charge in [-0.05, 0) is 40.8 Å². The van der Waals surface area contributed by atoms with Crippen molar-refractivity contribution in [3.05, 3.63) is 48.0 Å². The number of nitrogens with zero attached hydrogens (tertiary/aromatic N) is 5. The van der Waals surface area contributed by atoms with Crippen LogP contribution >= 0.6 is 11.3 Å². The number of nitrogen functional groups attached to an aromatic ring is 1. The maximum absolute atomic E-state index is 6.02. The molecule has 0 aliphatic rings. The highest BCUT2D eigenvalue weighted by Crippen LogP contribution is 2.27. The molecule has 2 heterocycles. The van der Waals surface area contributed by atoms with Crippen LogP contribution in [0.1, 0.15) is 0 Å². The molecule has 2 aromatic carbocycles. The number of thiazole rings is 1. The maximum Gasteiger partial charge on any atom is 0.189 e. The minimum atomic E-state index is 0.622. The number of rotatable bonds is 2. The monoisotopic (exact) mass is 294 g/mol. The van der Waals surface area contributed by atoms with E-state index >= 15 is 0 Å². The Hall–Kier alpha value is -2.80. The summed E-state index contributed by atoms with van der Waals surface area (Å²) in [7, 11) is 0. The molecule has 0 fully saturated rings. The van der Waals surface area contributed by atoms with E-state index < -0.39 is 0 Å². The third-order valence-corrected chi connectivity index (χ3v) is 4.02. The lowest BCUT2D eigenvalue weighted by atomic mass is 10.1. The summed E-state index contributed by atoms with van der Waals surface area (Å²) in [6, 6.07) is 13.5. The Morgan fingerprint density at radius 2 is 2.00 bits per heavy atom. The number of benzene rings is 2. The highest BCUT2D eigenvalue weighted by molar-refractivity contribution is 7.16. The zero-order chi connectivity index (χ0) is 14.2. The number of nitrogens with two attached hydrogens (primary N) is 1. The zero-order valence-corrected chi connectivity index (χ0v) is 11.7.